The van der Waals surface area contributed by atoms with Crippen LogP contribution in [0.25, 0.3) is 0 Å². The van der Waals surface area contributed by atoms with Gasteiger partial charge in [-0.2, -0.15) is 0 Å². The number of hydrogen-bond acceptors (Lipinski definition) is 5. The topological polar surface area (TPSA) is 52.0 Å². The van der Waals surface area contributed by atoms with Gasteiger partial charge in [-0.15, -0.1) is 10.2 Å². The van der Waals surface area contributed by atoms with E-state index in [2.05, 4.69) is 41.5 Å². The first-order valence-corrected chi connectivity index (χ1v) is 7.91. The third-order valence-electron chi connectivity index (χ3n) is 3.33. The Morgan fingerprint density at radius 2 is 2.05 bits per heavy atom. The number of aryl methyl sites for hydroxylation is 1. The summed E-state index contributed by atoms with van der Waals surface area (Å²) in [6.45, 7) is 5.24. The molecular formula is C15H22N4OS. The summed E-state index contributed by atoms with van der Waals surface area (Å²) in [5, 5.41) is 12.9. The van der Waals surface area contributed by atoms with E-state index in [1.165, 1.54) is 5.56 Å². The van der Waals surface area contributed by atoms with Crippen LogP contribution in [0.5, 0.6) is 5.75 Å². The Bertz CT molecular complexity index is 555. The number of methoxy groups -OCH3 is 1. The molecule has 0 bridgehead atoms. The normalized spacial score (nSPS) is 13.9. The predicted molar refractivity (Wildman–Crippen MR) is 85.7 cm³/mol. The highest BCUT2D eigenvalue weighted by atomic mass is 32.2. The highest BCUT2D eigenvalue weighted by Gasteiger charge is 2.21. The van der Waals surface area contributed by atoms with Gasteiger partial charge < -0.3 is 14.6 Å². The van der Waals surface area contributed by atoms with Crippen molar-refractivity contribution in [2.45, 2.75) is 30.3 Å². The van der Waals surface area contributed by atoms with Crippen LogP contribution in [0.4, 0.5) is 0 Å². The first-order valence-electron chi connectivity index (χ1n) is 7.03. The molecule has 21 heavy (non-hydrogen) atoms. The van der Waals surface area contributed by atoms with Crippen molar-refractivity contribution in [3.05, 3.63) is 36.2 Å². The summed E-state index contributed by atoms with van der Waals surface area (Å²) >= 11 is 1.73. The van der Waals surface area contributed by atoms with E-state index in [1.54, 1.807) is 25.2 Å². The van der Waals surface area contributed by atoms with Crippen LogP contribution in [0.15, 0.2) is 35.7 Å². The molecule has 2 atom stereocenters. The molecule has 1 aromatic heterocycles. The standard InChI is InChI=1S/C15H22N4OS/c1-5-16-14(12-6-8-13(20-4)9-7-12)11(2)21-15-18-17-10-19(15)3/h6-11,14,16H,5H2,1-4H3. The SMILES string of the molecule is CCNC(c1ccc(OC)cc1)C(C)Sc1nncn1C. The average Bonchev–Trinajstić information content (AvgIpc) is 2.90. The van der Waals surface area contributed by atoms with Crippen molar-refractivity contribution in [1.82, 2.24) is 20.1 Å². The van der Waals surface area contributed by atoms with E-state index < -0.39 is 0 Å². The Morgan fingerprint density at radius 3 is 2.57 bits per heavy atom. The lowest BCUT2D eigenvalue weighted by Gasteiger charge is -2.24. The Kier molecular flexibility index (Phi) is 5.64. The van der Waals surface area contributed by atoms with Crippen LogP contribution >= 0.6 is 11.8 Å². The zero-order valence-electron chi connectivity index (χ0n) is 12.9. The number of rotatable bonds is 7. The fourth-order valence-corrected chi connectivity index (χ4v) is 3.23. The molecule has 0 saturated heterocycles. The van der Waals surface area contributed by atoms with Crippen LogP contribution in [-0.4, -0.2) is 33.7 Å². The van der Waals surface area contributed by atoms with Crippen LogP contribution in [0, 0.1) is 0 Å². The zero-order valence-corrected chi connectivity index (χ0v) is 13.7. The van der Waals surface area contributed by atoms with Crippen molar-refractivity contribution >= 4 is 11.8 Å². The summed E-state index contributed by atoms with van der Waals surface area (Å²) in [5.74, 6) is 0.877. The quantitative estimate of drug-likeness (QED) is 0.797. The van der Waals surface area contributed by atoms with Crippen molar-refractivity contribution in [1.29, 1.82) is 0 Å². The van der Waals surface area contributed by atoms with Crippen LogP contribution in [0.3, 0.4) is 0 Å². The molecule has 0 radical (unpaired) electrons. The van der Waals surface area contributed by atoms with Gasteiger partial charge >= 0.3 is 0 Å². The first-order chi connectivity index (χ1) is 10.2. The van der Waals surface area contributed by atoms with Gasteiger partial charge in [-0.25, -0.2) is 0 Å². The molecule has 6 heteroatoms. The fourth-order valence-electron chi connectivity index (χ4n) is 2.20. The Labute approximate surface area is 130 Å². The Morgan fingerprint density at radius 1 is 1.33 bits per heavy atom. The molecule has 5 nitrogen and oxygen atoms in total. The van der Waals surface area contributed by atoms with Gasteiger partial charge in [0.1, 0.15) is 12.1 Å². The maximum absolute atomic E-state index is 5.22. The summed E-state index contributed by atoms with van der Waals surface area (Å²) in [5.41, 5.74) is 1.25. The summed E-state index contributed by atoms with van der Waals surface area (Å²) in [6.07, 6.45) is 1.73. The maximum Gasteiger partial charge on any atom is 0.191 e. The summed E-state index contributed by atoms with van der Waals surface area (Å²) < 4.78 is 7.17. The summed E-state index contributed by atoms with van der Waals surface area (Å²) in [6, 6.07) is 8.47. The first kappa shape index (κ1) is 15.9. The van der Waals surface area contributed by atoms with Gasteiger partial charge in [-0.1, -0.05) is 37.7 Å². The molecule has 0 aliphatic carbocycles. The molecule has 0 fully saturated rings. The van der Waals surface area contributed by atoms with Crippen molar-refractivity contribution < 1.29 is 4.74 Å². The number of nitrogens with one attached hydrogen (secondary N) is 1. The minimum Gasteiger partial charge on any atom is -0.497 e. The van der Waals surface area contributed by atoms with E-state index in [4.69, 9.17) is 4.74 Å². The number of hydrogen-bond donors (Lipinski definition) is 1. The molecule has 1 N–H and O–H groups in total. The lowest BCUT2D eigenvalue weighted by Crippen LogP contribution is -2.28. The minimum atomic E-state index is 0.252. The summed E-state index contributed by atoms with van der Waals surface area (Å²) in [4.78, 5) is 0. The van der Waals surface area contributed by atoms with Crippen molar-refractivity contribution in [3.8, 4) is 5.75 Å². The highest BCUT2D eigenvalue weighted by Crippen LogP contribution is 2.31. The molecule has 2 unspecified atom stereocenters. The monoisotopic (exact) mass is 306 g/mol. The molecule has 0 aliphatic rings. The van der Waals surface area contributed by atoms with Crippen LogP contribution in [0.2, 0.25) is 0 Å². The van der Waals surface area contributed by atoms with Crippen LogP contribution in [-0.2, 0) is 7.05 Å². The molecule has 0 saturated carbocycles. The van der Waals surface area contributed by atoms with Crippen molar-refractivity contribution in [3.63, 3.8) is 0 Å². The minimum absolute atomic E-state index is 0.252. The van der Waals surface area contributed by atoms with E-state index >= 15 is 0 Å². The van der Waals surface area contributed by atoms with E-state index in [0.717, 1.165) is 17.5 Å². The lowest BCUT2D eigenvalue weighted by atomic mass is 10.0. The molecule has 0 amide bonds. The Hall–Kier alpha value is -1.53. The van der Waals surface area contributed by atoms with Gasteiger partial charge in [0.05, 0.1) is 7.11 Å². The number of nitrogens with zero attached hydrogens (tertiary/aromatic N) is 3. The second-order valence-corrected chi connectivity index (χ2v) is 6.20. The number of benzene rings is 1. The van der Waals surface area contributed by atoms with Crippen LogP contribution < -0.4 is 10.1 Å². The Balaban J connectivity index is 2.14. The molecular weight excluding hydrogens is 284 g/mol. The number of thioether (sulfide) groups is 1. The third-order valence-corrected chi connectivity index (χ3v) is 4.55. The van der Waals surface area contributed by atoms with Gasteiger partial charge in [0.2, 0.25) is 0 Å². The molecule has 1 heterocycles. The largest absolute Gasteiger partial charge is 0.497 e. The second kappa shape index (κ2) is 7.47. The van der Waals surface area contributed by atoms with E-state index in [9.17, 15) is 0 Å². The van der Waals surface area contributed by atoms with Gasteiger partial charge in [0.25, 0.3) is 0 Å². The molecule has 114 valence electrons. The average molecular weight is 306 g/mol. The molecule has 2 rings (SSSR count). The van der Waals surface area contributed by atoms with E-state index in [-0.39, 0.29) is 6.04 Å². The second-order valence-electron chi connectivity index (χ2n) is 4.86. The van der Waals surface area contributed by atoms with Crippen molar-refractivity contribution in [2.24, 2.45) is 7.05 Å². The van der Waals surface area contributed by atoms with Gasteiger partial charge in [-0.05, 0) is 24.2 Å². The van der Waals surface area contributed by atoms with Crippen molar-refractivity contribution in [2.75, 3.05) is 13.7 Å². The van der Waals surface area contributed by atoms with Crippen LogP contribution in [0.1, 0.15) is 25.5 Å². The lowest BCUT2D eigenvalue weighted by molar-refractivity contribution is 0.414. The molecule has 0 spiro atoms. The predicted octanol–water partition coefficient (Wildman–Crippen LogP) is 2.66. The number of ether oxygens (including phenoxy) is 1. The number of aromatic nitrogens is 3. The fraction of sp³-hybridized carbons (Fsp3) is 0.467. The zero-order chi connectivity index (χ0) is 15.2. The molecule has 0 aliphatic heterocycles. The van der Waals surface area contributed by atoms with E-state index in [1.807, 2.05) is 23.7 Å². The summed E-state index contributed by atoms with van der Waals surface area (Å²) in [7, 11) is 3.65. The molecule has 2 aromatic rings. The highest BCUT2D eigenvalue weighted by molar-refractivity contribution is 7.99. The maximum atomic E-state index is 5.22. The van der Waals surface area contributed by atoms with Gasteiger partial charge in [-0.3, -0.25) is 0 Å². The van der Waals surface area contributed by atoms with E-state index in [0.29, 0.717) is 5.25 Å². The van der Waals surface area contributed by atoms with Gasteiger partial charge in [0.15, 0.2) is 5.16 Å². The molecule has 1 aromatic carbocycles. The smallest absolute Gasteiger partial charge is 0.191 e. The van der Waals surface area contributed by atoms with Gasteiger partial charge in [0, 0.05) is 18.3 Å². The third kappa shape index (κ3) is 3.98.